The Kier molecular flexibility index (Phi) is 2.29. The van der Waals surface area contributed by atoms with Gasteiger partial charge in [0, 0.05) is 0 Å². The molecule has 0 spiro atoms. The third-order valence-corrected chi connectivity index (χ3v) is 5.11. The molecule has 0 aromatic heterocycles. The van der Waals surface area contributed by atoms with Crippen LogP contribution < -0.4 is 0 Å². The number of rotatable bonds is 0. The van der Waals surface area contributed by atoms with Gasteiger partial charge in [-0.2, -0.15) is 0 Å². The van der Waals surface area contributed by atoms with Crippen molar-refractivity contribution in [3.63, 3.8) is 0 Å². The van der Waals surface area contributed by atoms with Crippen LogP contribution in [-0.4, -0.2) is 24.9 Å². The molecule has 0 saturated carbocycles. The van der Waals surface area contributed by atoms with Crippen LogP contribution in [0.15, 0.2) is 9.88 Å². The fourth-order valence-electron chi connectivity index (χ4n) is 0.563. The van der Waals surface area contributed by atoms with Crippen LogP contribution in [0.5, 0.6) is 0 Å². The third-order valence-electron chi connectivity index (χ3n) is 0.912. The summed E-state index contributed by atoms with van der Waals surface area (Å²) in [5, 5.41) is 3.06. The molecule has 46 valence electrons. The minimum atomic E-state index is -0.617. The molecule has 8 heavy (non-hydrogen) atoms. The number of hydrogen-bond donors (Lipinski definition) is 0. The number of hydrogen-bond acceptors (Lipinski definition) is 1. The van der Waals surface area contributed by atoms with E-state index in [1.54, 1.807) is 0 Å². The summed E-state index contributed by atoms with van der Waals surface area (Å²) in [5.74, 6) is 0.900. The van der Waals surface area contributed by atoms with E-state index in [-0.39, 0.29) is 0 Å². The zero-order chi connectivity index (χ0) is 5.98. The van der Waals surface area contributed by atoms with E-state index in [9.17, 15) is 4.21 Å². The summed E-state index contributed by atoms with van der Waals surface area (Å²) in [6, 6.07) is 0. The Morgan fingerprint density at radius 3 is 3.00 bits per heavy atom. The van der Waals surface area contributed by atoms with Gasteiger partial charge in [0.05, 0.1) is 0 Å². The van der Waals surface area contributed by atoms with Gasteiger partial charge < -0.3 is 0 Å². The van der Waals surface area contributed by atoms with Crippen LogP contribution in [-0.2, 0) is 10.8 Å². The van der Waals surface area contributed by atoms with Crippen molar-refractivity contribution in [1.29, 1.82) is 0 Å². The van der Waals surface area contributed by atoms with Gasteiger partial charge in [-0.05, 0) is 0 Å². The summed E-state index contributed by atoms with van der Waals surface area (Å²) < 4.78 is 12.1. The van der Waals surface area contributed by atoms with Gasteiger partial charge in [0.15, 0.2) is 0 Å². The molecule has 1 heterocycles. The van der Waals surface area contributed by atoms with Crippen LogP contribution in [0.25, 0.3) is 0 Å². The Morgan fingerprint density at radius 1 is 1.88 bits per heavy atom. The van der Waals surface area contributed by atoms with Crippen molar-refractivity contribution in [1.82, 2.24) is 0 Å². The SMILES string of the molecule is CC1=CS(=O)CC[Se]1. The fourth-order valence-corrected chi connectivity index (χ4v) is 4.70. The standard InChI is InChI=1S/C5H8OSSe/c1-5-4-7(6)2-3-8-5/h4H,2-3H2,1H3. The Labute approximate surface area is 58.2 Å². The van der Waals surface area contributed by atoms with Crippen molar-refractivity contribution in [3.8, 4) is 0 Å². The van der Waals surface area contributed by atoms with E-state index in [4.69, 9.17) is 0 Å². The molecule has 1 unspecified atom stereocenters. The molecule has 0 saturated heterocycles. The molecule has 0 fully saturated rings. The van der Waals surface area contributed by atoms with Gasteiger partial charge in [-0.25, -0.2) is 0 Å². The Balaban J connectivity index is 2.64. The van der Waals surface area contributed by atoms with E-state index in [0.717, 1.165) is 5.75 Å². The van der Waals surface area contributed by atoms with Gasteiger partial charge in [-0.15, -0.1) is 0 Å². The molecular formula is C5H8OSSe. The van der Waals surface area contributed by atoms with Gasteiger partial charge in [0.2, 0.25) is 0 Å². The first-order valence-electron chi connectivity index (χ1n) is 2.47. The van der Waals surface area contributed by atoms with Crippen molar-refractivity contribution >= 4 is 25.8 Å². The van der Waals surface area contributed by atoms with Crippen molar-refractivity contribution < 1.29 is 4.21 Å². The summed E-state index contributed by atoms with van der Waals surface area (Å²) in [6.07, 6.45) is 0. The van der Waals surface area contributed by atoms with Crippen LogP contribution in [0.3, 0.4) is 0 Å². The Morgan fingerprint density at radius 2 is 2.62 bits per heavy atom. The average Bonchev–Trinajstić information content (AvgIpc) is 1.64. The predicted octanol–water partition coefficient (Wildman–Crippen LogP) is 0.733. The van der Waals surface area contributed by atoms with Crippen LogP contribution >= 0.6 is 0 Å². The second-order valence-corrected chi connectivity index (χ2v) is 5.88. The van der Waals surface area contributed by atoms with Gasteiger partial charge in [-0.1, -0.05) is 0 Å². The van der Waals surface area contributed by atoms with Crippen molar-refractivity contribution in [2.75, 3.05) is 5.75 Å². The first kappa shape index (κ1) is 6.53. The number of allylic oxidation sites excluding steroid dienone is 1. The van der Waals surface area contributed by atoms with Crippen molar-refractivity contribution in [2.45, 2.75) is 12.2 Å². The van der Waals surface area contributed by atoms with E-state index in [0.29, 0.717) is 15.0 Å². The Bertz CT molecular complexity index is 141. The summed E-state index contributed by atoms with van der Waals surface area (Å²) in [5.41, 5.74) is 0. The van der Waals surface area contributed by atoms with Crippen molar-refractivity contribution in [3.05, 3.63) is 9.88 Å². The summed E-state index contributed by atoms with van der Waals surface area (Å²) in [7, 11) is -0.617. The predicted molar refractivity (Wildman–Crippen MR) is 37.3 cm³/mol. The third kappa shape index (κ3) is 1.73. The second kappa shape index (κ2) is 2.81. The van der Waals surface area contributed by atoms with Crippen LogP contribution in [0.2, 0.25) is 5.32 Å². The van der Waals surface area contributed by atoms with Crippen molar-refractivity contribution in [2.24, 2.45) is 0 Å². The van der Waals surface area contributed by atoms with E-state index in [2.05, 4.69) is 6.92 Å². The fraction of sp³-hybridized carbons (Fsp3) is 0.600. The first-order valence-corrected chi connectivity index (χ1v) is 5.92. The van der Waals surface area contributed by atoms with E-state index in [1.807, 2.05) is 5.41 Å². The van der Waals surface area contributed by atoms with E-state index in [1.165, 1.54) is 9.79 Å². The van der Waals surface area contributed by atoms with Gasteiger partial charge in [-0.3, -0.25) is 0 Å². The second-order valence-electron chi connectivity index (χ2n) is 1.66. The summed E-state index contributed by atoms with van der Waals surface area (Å²) in [6.45, 7) is 2.07. The van der Waals surface area contributed by atoms with E-state index >= 15 is 0 Å². The molecule has 0 aromatic rings. The molecule has 1 aliphatic heterocycles. The molecule has 1 nitrogen and oxygen atoms in total. The van der Waals surface area contributed by atoms with Gasteiger partial charge in [0.25, 0.3) is 0 Å². The van der Waals surface area contributed by atoms with E-state index < -0.39 is 10.8 Å². The normalized spacial score (nSPS) is 29.6. The maximum atomic E-state index is 10.7. The monoisotopic (exact) mass is 196 g/mol. The van der Waals surface area contributed by atoms with Gasteiger partial charge >= 0.3 is 57.8 Å². The molecule has 0 aromatic carbocycles. The first-order chi connectivity index (χ1) is 3.79. The molecule has 0 aliphatic carbocycles. The molecule has 1 atom stereocenters. The topological polar surface area (TPSA) is 17.1 Å². The minimum absolute atomic E-state index is 0.617. The molecule has 0 bridgehead atoms. The maximum absolute atomic E-state index is 10.7. The van der Waals surface area contributed by atoms with Crippen LogP contribution in [0, 0.1) is 0 Å². The summed E-state index contributed by atoms with van der Waals surface area (Å²) in [4.78, 5) is 0. The molecule has 0 radical (unpaired) electrons. The van der Waals surface area contributed by atoms with Crippen LogP contribution in [0.1, 0.15) is 6.92 Å². The zero-order valence-electron chi connectivity index (χ0n) is 4.72. The molecule has 1 aliphatic rings. The quantitative estimate of drug-likeness (QED) is 0.521. The molecular weight excluding hydrogens is 187 g/mol. The summed E-state index contributed by atoms with van der Waals surface area (Å²) >= 11 is 0.661. The molecule has 1 rings (SSSR count). The molecule has 0 N–H and O–H groups in total. The average molecular weight is 195 g/mol. The zero-order valence-corrected chi connectivity index (χ0v) is 7.25. The molecule has 3 heteroatoms. The van der Waals surface area contributed by atoms with Gasteiger partial charge in [0.1, 0.15) is 0 Å². The van der Waals surface area contributed by atoms with Crippen LogP contribution in [0.4, 0.5) is 0 Å². The Hall–Kier alpha value is 0.409. The molecule has 0 amide bonds.